The molecule has 4 aromatic rings. The van der Waals surface area contributed by atoms with Crippen molar-refractivity contribution in [3.8, 4) is 11.1 Å². The molecule has 9 heteroatoms. The summed E-state index contributed by atoms with van der Waals surface area (Å²) >= 11 is 0. The molecule has 1 aliphatic carbocycles. The number of rotatable bonds is 7. The summed E-state index contributed by atoms with van der Waals surface area (Å²) in [6.45, 7) is 4.96. The van der Waals surface area contributed by atoms with Gasteiger partial charge in [-0.2, -0.15) is 0 Å². The molecule has 3 aromatic carbocycles. The molecule has 9 nitrogen and oxygen atoms in total. The van der Waals surface area contributed by atoms with Crippen molar-refractivity contribution in [2.75, 3.05) is 40.0 Å². The molecule has 0 spiro atoms. The Bertz CT molecular complexity index is 1610. The predicted molar refractivity (Wildman–Crippen MR) is 161 cm³/mol. The summed E-state index contributed by atoms with van der Waals surface area (Å²) in [6, 6.07) is 23.5. The minimum atomic E-state index is -0.323. The lowest BCUT2D eigenvalue weighted by Gasteiger charge is -2.26. The van der Waals surface area contributed by atoms with E-state index in [2.05, 4.69) is 51.3 Å². The Morgan fingerprint density at radius 2 is 1.62 bits per heavy atom. The Morgan fingerprint density at radius 1 is 0.929 bits per heavy atom. The van der Waals surface area contributed by atoms with E-state index in [-0.39, 0.29) is 23.0 Å². The number of hydrogen-bond acceptors (Lipinski definition) is 8. The molecule has 0 amide bonds. The first-order chi connectivity index (χ1) is 20.5. The van der Waals surface area contributed by atoms with Crippen LogP contribution in [0.2, 0.25) is 0 Å². The van der Waals surface area contributed by atoms with E-state index in [0.29, 0.717) is 17.7 Å². The number of hydrogen-bond donors (Lipinski definition) is 3. The topological polar surface area (TPSA) is 134 Å². The number of benzene rings is 3. The van der Waals surface area contributed by atoms with Gasteiger partial charge in [0.1, 0.15) is 11.4 Å². The second-order valence-electron chi connectivity index (χ2n) is 10.2. The molecular weight excluding hydrogens is 530 g/mol. The molecule has 2 heterocycles. The van der Waals surface area contributed by atoms with E-state index in [1.54, 1.807) is 24.3 Å². The van der Waals surface area contributed by atoms with Gasteiger partial charge in [-0.05, 0) is 29.2 Å². The van der Waals surface area contributed by atoms with Crippen LogP contribution in [-0.2, 0) is 22.5 Å². The van der Waals surface area contributed by atoms with Crippen LogP contribution in [-0.4, -0.2) is 61.4 Å². The highest BCUT2D eigenvalue weighted by Gasteiger charge is 2.30. The summed E-state index contributed by atoms with van der Waals surface area (Å²) < 4.78 is 5.48. The molecule has 1 aliphatic heterocycles. The Hall–Kier alpha value is -4.41. The van der Waals surface area contributed by atoms with E-state index >= 15 is 0 Å². The summed E-state index contributed by atoms with van der Waals surface area (Å²) in [4.78, 5) is 36.8. The van der Waals surface area contributed by atoms with E-state index in [4.69, 9.17) is 15.5 Å². The fraction of sp³-hybridized carbons (Fsp3) is 0.242. The fourth-order valence-corrected chi connectivity index (χ4v) is 5.35. The first-order valence-electron chi connectivity index (χ1n) is 14.0. The third-order valence-electron chi connectivity index (χ3n) is 7.55. The van der Waals surface area contributed by atoms with Crippen LogP contribution in [0.15, 0.2) is 90.4 Å². The minimum absolute atomic E-state index is 0.0402. The molecule has 6 N–H and O–H groups in total. The number of nitrogens with two attached hydrogens (primary N) is 1. The van der Waals surface area contributed by atoms with Gasteiger partial charge < -0.3 is 15.8 Å². The Kier molecular flexibility index (Phi) is 9.35. The molecule has 42 heavy (non-hydrogen) atoms. The standard InChI is InChI=1S/C32H30N4O3.CH6NO/c33-28-30(32(38)27-5-2-1-4-26(27)31(28)37)35-20-21-7-9-22(10-8-21)25-12-11-23(24-6-3-14-34-29(24)25)13-15-36-16-18-39-19-17-36;1-3-2/h1-12,14,35H,13,15-20,33H2;1-2H3/q;+1. The summed E-state index contributed by atoms with van der Waals surface area (Å²) in [5.74, 6) is 2.40. The lowest BCUT2D eigenvalue weighted by molar-refractivity contribution is -0.679. The number of Topliss-reactive ketones (excluding diaryl/α,β-unsaturated/α-hetero) is 2. The average molecular weight is 567 g/mol. The number of ketones is 2. The van der Waals surface area contributed by atoms with Crippen molar-refractivity contribution < 1.29 is 25.1 Å². The van der Waals surface area contributed by atoms with Gasteiger partial charge in [-0.15, -0.1) is 0 Å². The number of aromatic nitrogens is 1. The number of ether oxygens (including phenoxy) is 1. The van der Waals surface area contributed by atoms with Gasteiger partial charge >= 0.3 is 0 Å². The largest absolute Gasteiger partial charge is 0.394 e. The van der Waals surface area contributed by atoms with Crippen LogP contribution >= 0.6 is 0 Å². The SMILES string of the molecule is CO[NH3+].NC1=C(NCc2ccc(-c3ccc(CCN4CCOCC4)c4cccnc34)cc2)C(=O)c2ccccc2C1=O. The van der Waals surface area contributed by atoms with Gasteiger partial charge in [0.15, 0.2) is 0 Å². The number of carbonyl (C=O) groups is 2. The van der Waals surface area contributed by atoms with Crippen LogP contribution < -0.4 is 16.9 Å². The van der Waals surface area contributed by atoms with Gasteiger partial charge in [-0.3, -0.25) is 19.5 Å². The van der Waals surface area contributed by atoms with Crippen LogP contribution in [0.4, 0.5) is 0 Å². The first kappa shape index (κ1) is 29.1. The van der Waals surface area contributed by atoms with Gasteiger partial charge in [0.05, 0.1) is 25.8 Å². The third kappa shape index (κ3) is 6.24. The molecule has 216 valence electrons. The summed E-state index contributed by atoms with van der Waals surface area (Å²) in [5.41, 5.74) is 12.3. The van der Waals surface area contributed by atoms with Gasteiger partial charge in [-0.1, -0.05) is 66.7 Å². The smallest absolute Gasteiger partial charge is 0.211 e. The second-order valence-corrected chi connectivity index (χ2v) is 10.2. The molecular formula is C33H36N5O4+. The van der Waals surface area contributed by atoms with Gasteiger partial charge in [0.2, 0.25) is 11.6 Å². The number of pyridine rings is 1. The van der Waals surface area contributed by atoms with E-state index < -0.39 is 0 Å². The van der Waals surface area contributed by atoms with Crippen molar-refractivity contribution in [1.29, 1.82) is 0 Å². The van der Waals surface area contributed by atoms with E-state index in [1.807, 2.05) is 24.4 Å². The van der Waals surface area contributed by atoms with Crippen molar-refractivity contribution in [1.82, 2.24) is 15.2 Å². The number of nitrogens with zero attached hydrogens (tertiary/aromatic N) is 2. The van der Waals surface area contributed by atoms with E-state index in [0.717, 1.165) is 61.5 Å². The predicted octanol–water partition coefficient (Wildman–Crippen LogP) is 2.91. The van der Waals surface area contributed by atoms with E-state index in [9.17, 15) is 9.59 Å². The normalized spacial score (nSPS) is 15.3. The maximum atomic E-state index is 13.0. The zero-order chi connectivity index (χ0) is 29.5. The lowest BCUT2D eigenvalue weighted by atomic mass is 9.90. The Labute approximate surface area is 245 Å². The van der Waals surface area contributed by atoms with Crippen molar-refractivity contribution in [2.24, 2.45) is 5.73 Å². The third-order valence-corrected chi connectivity index (χ3v) is 7.55. The highest BCUT2D eigenvalue weighted by molar-refractivity contribution is 6.26. The molecule has 1 fully saturated rings. The number of carbonyl (C=O) groups excluding carboxylic acids is 2. The molecule has 0 bridgehead atoms. The molecule has 0 radical (unpaired) electrons. The zero-order valence-electron chi connectivity index (χ0n) is 23.8. The van der Waals surface area contributed by atoms with Crippen LogP contribution in [0.25, 0.3) is 22.0 Å². The number of allylic oxidation sites excluding steroid dienone is 2. The monoisotopic (exact) mass is 566 g/mol. The molecule has 0 saturated carbocycles. The number of fused-ring (bicyclic) bond motifs is 2. The van der Waals surface area contributed by atoms with Crippen LogP contribution in [0.5, 0.6) is 0 Å². The Balaban J connectivity index is 0.00000113. The van der Waals surface area contributed by atoms with Crippen LogP contribution in [0.1, 0.15) is 31.8 Å². The fourth-order valence-electron chi connectivity index (χ4n) is 5.35. The van der Waals surface area contributed by atoms with Gasteiger partial charge in [0, 0.05) is 54.5 Å². The maximum absolute atomic E-state index is 13.0. The maximum Gasteiger partial charge on any atom is 0.211 e. The highest BCUT2D eigenvalue weighted by Crippen LogP contribution is 2.30. The molecule has 0 unspecified atom stereocenters. The van der Waals surface area contributed by atoms with E-state index in [1.165, 1.54) is 18.1 Å². The van der Waals surface area contributed by atoms with Crippen LogP contribution in [0, 0.1) is 0 Å². The van der Waals surface area contributed by atoms with Crippen molar-refractivity contribution in [2.45, 2.75) is 13.0 Å². The molecule has 1 aromatic heterocycles. The van der Waals surface area contributed by atoms with Crippen molar-refractivity contribution >= 4 is 22.5 Å². The molecule has 6 rings (SSSR count). The van der Waals surface area contributed by atoms with Crippen molar-refractivity contribution in [3.63, 3.8) is 0 Å². The molecule has 2 aliphatic rings. The van der Waals surface area contributed by atoms with Gasteiger partial charge in [0.25, 0.3) is 0 Å². The summed E-state index contributed by atoms with van der Waals surface area (Å²) in [6.07, 6.45) is 2.81. The van der Waals surface area contributed by atoms with Gasteiger partial charge in [-0.25, -0.2) is 10.7 Å². The number of nitrogens with one attached hydrogen (secondary N) is 1. The average Bonchev–Trinajstić information content (AvgIpc) is 3.04. The summed E-state index contributed by atoms with van der Waals surface area (Å²) in [7, 11) is 1.51. The zero-order valence-corrected chi connectivity index (χ0v) is 23.8. The first-order valence-corrected chi connectivity index (χ1v) is 14.0. The molecule has 1 saturated heterocycles. The number of morpholine rings is 1. The van der Waals surface area contributed by atoms with Crippen molar-refractivity contribution in [3.05, 3.63) is 113 Å². The van der Waals surface area contributed by atoms with Crippen LogP contribution in [0.3, 0.4) is 0 Å². The number of quaternary nitrogens is 1. The minimum Gasteiger partial charge on any atom is -0.394 e. The second kappa shape index (κ2) is 13.5. The lowest BCUT2D eigenvalue weighted by Crippen LogP contribution is -2.46. The molecule has 0 atom stereocenters. The summed E-state index contributed by atoms with van der Waals surface area (Å²) in [5, 5.41) is 4.28. The highest BCUT2D eigenvalue weighted by atomic mass is 16.6. The quantitative estimate of drug-likeness (QED) is 0.291. The Morgan fingerprint density at radius 3 is 2.33 bits per heavy atom.